The van der Waals surface area contributed by atoms with Crippen LogP contribution in [0.2, 0.25) is 0 Å². The molecule has 7 rings (SSSR count). The molecule has 68 heavy (non-hydrogen) atoms. The third kappa shape index (κ3) is 10.6. The third-order valence-corrected chi connectivity index (χ3v) is 13.7. The van der Waals surface area contributed by atoms with Gasteiger partial charge < -0.3 is 34.1 Å². The zero-order valence-electron chi connectivity index (χ0n) is 40.7. The number of benzene rings is 3. The van der Waals surface area contributed by atoms with Crippen LogP contribution < -0.4 is 16.1 Å². The van der Waals surface area contributed by atoms with Crippen molar-refractivity contribution in [2.24, 2.45) is 17.3 Å². The van der Waals surface area contributed by atoms with Crippen LogP contribution in [-0.2, 0) is 64.0 Å². The lowest BCUT2D eigenvalue weighted by atomic mass is 9.83. The fraction of sp³-hybridized carbons (Fsp3) is 0.491. The first kappa shape index (κ1) is 50.0. The number of amides is 3. The highest BCUT2D eigenvalue weighted by atomic mass is 16.5. The number of methoxy groups -OCH3 is 2. The molecule has 6 atom stereocenters. The van der Waals surface area contributed by atoms with Gasteiger partial charge in [-0.3, -0.25) is 34.3 Å². The maximum Gasteiger partial charge on any atom is 0.324 e. The summed E-state index contributed by atoms with van der Waals surface area (Å²) in [5.41, 5.74) is 10.3. The molecule has 1 aromatic heterocycles. The average Bonchev–Trinajstić information content (AvgIpc) is 3.89. The van der Waals surface area contributed by atoms with E-state index in [1.165, 1.54) is 23.1 Å². The minimum atomic E-state index is -1.19. The van der Waals surface area contributed by atoms with E-state index in [0.29, 0.717) is 38.0 Å². The molecule has 0 radical (unpaired) electrons. The lowest BCUT2D eigenvalue weighted by molar-refractivity contribution is -0.155. The second-order valence-electron chi connectivity index (χ2n) is 19.6. The van der Waals surface area contributed by atoms with Crippen LogP contribution >= 0.6 is 0 Å². The first-order valence-corrected chi connectivity index (χ1v) is 23.8. The van der Waals surface area contributed by atoms with E-state index in [9.17, 15) is 29.1 Å². The molecule has 4 aromatic rings. The van der Waals surface area contributed by atoms with Crippen molar-refractivity contribution in [1.29, 1.82) is 0 Å². The SMILES string of the molecule is C=CC(=O)C1C[C@@H](C(=O)N(C)[C@H](C(=O)N[C@H]2Cc3cc(O)cc(c3)-c3ccc4c(c3)c(c(-c3ccccc3CCOC)n4CC)CC(C)(C)COC(=O)[C@@H]3CCCN(N3)C2=O)C(C)C)[C@@H](OC)N1. The van der Waals surface area contributed by atoms with Gasteiger partial charge in [0.05, 0.1) is 30.9 Å². The molecule has 0 aliphatic carbocycles. The molecule has 4 heterocycles. The van der Waals surface area contributed by atoms with Gasteiger partial charge in [-0.05, 0) is 103 Å². The number of aromatic nitrogens is 1. The van der Waals surface area contributed by atoms with E-state index in [0.717, 1.165) is 50.8 Å². The van der Waals surface area contributed by atoms with Crippen LogP contribution in [0.5, 0.6) is 5.75 Å². The van der Waals surface area contributed by atoms with Gasteiger partial charge in [0.1, 0.15) is 30.1 Å². The Labute approximate surface area is 399 Å². The molecule has 2 saturated heterocycles. The van der Waals surface area contributed by atoms with Gasteiger partial charge in [-0.1, -0.05) is 70.7 Å². The van der Waals surface area contributed by atoms with E-state index >= 15 is 0 Å². The summed E-state index contributed by atoms with van der Waals surface area (Å²) in [6.45, 7) is 15.2. The number of aromatic hydroxyl groups is 1. The van der Waals surface area contributed by atoms with E-state index < -0.39 is 71.3 Å². The van der Waals surface area contributed by atoms with Crippen molar-refractivity contribution < 1.29 is 43.3 Å². The van der Waals surface area contributed by atoms with Crippen LogP contribution in [0.25, 0.3) is 33.3 Å². The molecule has 3 aliphatic rings. The Hall–Kier alpha value is -5.87. The Balaban J connectivity index is 1.30. The topological polar surface area (TPSA) is 181 Å². The number of nitrogens with zero attached hydrogens (tertiary/aromatic N) is 3. The Bertz CT molecular complexity index is 2550. The number of cyclic esters (lactones) is 1. The highest BCUT2D eigenvalue weighted by Gasteiger charge is 2.45. The van der Waals surface area contributed by atoms with Crippen molar-refractivity contribution >= 4 is 40.4 Å². The summed E-state index contributed by atoms with van der Waals surface area (Å²) in [5.74, 6) is -3.38. The average molecular weight is 933 g/mol. The zero-order valence-corrected chi connectivity index (χ0v) is 40.7. The van der Waals surface area contributed by atoms with Crippen molar-refractivity contribution in [2.45, 2.75) is 110 Å². The molecule has 2 fully saturated rings. The number of esters is 1. The van der Waals surface area contributed by atoms with E-state index in [2.05, 4.69) is 78.3 Å². The monoisotopic (exact) mass is 933 g/mol. The number of phenols is 1. The van der Waals surface area contributed by atoms with Crippen molar-refractivity contribution in [2.75, 3.05) is 41.0 Å². The number of aryl methyl sites for hydroxylation is 1. The number of ether oxygens (including phenoxy) is 3. The van der Waals surface area contributed by atoms with Gasteiger partial charge in [-0.2, -0.15) is 0 Å². The van der Waals surface area contributed by atoms with Gasteiger partial charge in [0.2, 0.25) is 11.8 Å². The van der Waals surface area contributed by atoms with E-state index in [1.54, 1.807) is 26.3 Å². The first-order chi connectivity index (χ1) is 32.5. The Kier molecular flexibility index (Phi) is 15.6. The van der Waals surface area contributed by atoms with Crippen molar-refractivity contribution in [3.05, 3.63) is 90.0 Å². The molecule has 3 amide bonds. The Morgan fingerprint density at radius 1 is 1.07 bits per heavy atom. The molecule has 0 spiro atoms. The van der Waals surface area contributed by atoms with Crippen LogP contribution in [0, 0.1) is 17.3 Å². The van der Waals surface area contributed by atoms with Gasteiger partial charge in [0, 0.05) is 62.7 Å². The summed E-state index contributed by atoms with van der Waals surface area (Å²) in [6.07, 6.45) is 2.81. The van der Waals surface area contributed by atoms with Crippen molar-refractivity contribution in [3.8, 4) is 28.1 Å². The molecular weight excluding hydrogens is 865 g/mol. The lowest BCUT2D eigenvalue weighted by Gasteiger charge is -2.37. The Morgan fingerprint density at radius 2 is 1.84 bits per heavy atom. The number of hydrazine groups is 1. The smallest absolute Gasteiger partial charge is 0.324 e. The summed E-state index contributed by atoms with van der Waals surface area (Å²) in [6, 6.07) is 16.2. The number of rotatable bonds is 13. The normalized spacial score (nSPS) is 22.4. The van der Waals surface area contributed by atoms with Gasteiger partial charge in [0.15, 0.2) is 5.78 Å². The second-order valence-corrected chi connectivity index (χ2v) is 19.6. The van der Waals surface area contributed by atoms with Crippen molar-refractivity contribution in [3.63, 3.8) is 0 Å². The Morgan fingerprint density at radius 3 is 2.54 bits per heavy atom. The van der Waals surface area contributed by atoms with Crippen LogP contribution in [0.4, 0.5) is 0 Å². The van der Waals surface area contributed by atoms with Crippen molar-refractivity contribution in [1.82, 2.24) is 30.5 Å². The summed E-state index contributed by atoms with van der Waals surface area (Å²) in [7, 11) is 4.69. The van der Waals surface area contributed by atoms with E-state index in [1.807, 2.05) is 32.0 Å². The number of fused-ring (bicyclic) bond motifs is 6. The van der Waals surface area contributed by atoms with Crippen LogP contribution in [-0.4, -0.2) is 120 Å². The summed E-state index contributed by atoms with van der Waals surface area (Å²) in [4.78, 5) is 71.4. The standard InChI is InChI=1S/C53H68N6O9/c1-10-45(61)42-28-39(49(55-42)67-9)50(63)57(7)46(31(3)4)48(62)54-43-25-32-23-35(26-36(60)24-32)34-18-19-44-38(27-34)40(47(58(44)11-2)37-16-13-12-15-33(37)20-22-66-8)29-53(5,6)30-68-52(65)41-17-14-21-59(56-41)51(43)64/h10,12-13,15-16,18-19,23-24,26-27,31,39,41-43,46,49,55-56,60H,1,11,14,17,20-22,25,28-30H2,2-9H3,(H,54,62)/t39-,41+,42?,43+,46+,49-/m1/s1. The largest absolute Gasteiger partial charge is 0.508 e. The van der Waals surface area contributed by atoms with Gasteiger partial charge >= 0.3 is 5.97 Å². The van der Waals surface area contributed by atoms with E-state index in [-0.39, 0.29) is 37.5 Å². The minimum absolute atomic E-state index is 0.0137. The molecular formula is C53H68N6O9. The number of hydrogen-bond acceptors (Lipinski definition) is 11. The van der Waals surface area contributed by atoms with Gasteiger partial charge in [0.25, 0.3) is 5.91 Å². The number of phenolic OH excluding ortho intramolecular Hbond substituents is 1. The number of likely N-dealkylation sites (N-methyl/N-ethyl adjacent to an activating group) is 1. The molecule has 15 heteroatoms. The molecule has 3 aromatic carbocycles. The fourth-order valence-electron chi connectivity index (χ4n) is 10.3. The first-order valence-electron chi connectivity index (χ1n) is 23.8. The maximum atomic E-state index is 14.8. The van der Waals surface area contributed by atoms with Crippen LogP contribution in [0.3, 0.4) is 0 Å². The highest BCUT2D eigenvalue weighted by Crippen LogP contribution is 2.42. The van der Waals surface area contributed by atoms with Crippen LogP contribution in [0.1, 0.15) is 70.6 Å². The molecule has 6 bridgehead atoms. The number of ketones is 1. The second kappa shape index (κ2) is 21.2. The van der Waals surface area contributed by atoms with Gasteiger partial charge in [-0.15, -0.1) is 0 Å². The van der Waals surface area contributed by atoms with Gasteiger partial charge in [-0.25, -0.2) is 5.43 Å². The fourth-order valence-corrected chi connectivity index (χ4v) is 10.3. The third-order valence-electron chi connectivity index (χ3n) is 13.7. The number of carbonyl (C=O) groups excluding carboxylic acids is 5. The molecule has 15 nitrogen and oxygen atoms in total. The van der Waals surface area contributed by atoms with Crippen LogP contribution in [0.15, 0.2) is 73.3 Å². The number of carbonyl (C=O) groups is 5. The highest BCUT2D eigenvalue weighted by molar-refractivity contribution is 5.97. The lowest BCUT2D eigenvalue weighted by Crippen LogP contribution is -2.62. The summed E-state index contributed by atoms with van der Waals surface area (Å²) < 4.78 is 19.6. The molecule has 0 saturated carbocycles. The number of hydrogen-bond donors (Lipinski definition) is 4. The molecule has 3 aliphatic heterocycles. The minimum Gasteiger partial charge on any atom is -0.508 e. The number of nitrogens with one attached hydrogen (secondary N) is 3. The summed E-state index contributed by atoms with van der Waals surface area (Å²) in [5, 5.41) is 19.8. The summed E-state index contributed by atoms with van der Waals surface area (Å²) >= 11 is 0. The maximum absolute atomic E-state index is 14.8. The molecule has 1 unspecified atom stereocenters. The quantitative estimate of drug-likeness (QED) is 0.0951. The predicted molar refractivity (Wildman–Crippen MR) is 260 cm³/mol. The molecule has 4 N–H and O–H groups in total. The van der Waals surface area contributed by atoms with E-state index in [4.69, 9.17) is 14.2 Å². The predicted octanol–water partition coefficient (Wildman–Crippen LogP) is 5.73. The zero-order chi connectivity index (χ0) is 49.0. The molecule has 364 valence electrons.